The Kier molecular flexibility index (Phi) is 5.58. The first-order valence-electron chi connectivity index (χ1n) is 11.1. The molecule has 172 valence electrons. The molecule has 1 aliphatic heterocycles. The molecule has 5 rings (SSSR count). The lowest BCUT2D eigenvalue weighted by Gasteiger charge is -2.28. The Morgan fingerprint density at radius 1 is 0.714 bits per heavy atom. The molecule has 0 atom stereocenters. The summed E-state index contributed by atoms with van der Waals surface area (Å²) in [5.74, 6) is -2.87. The maximum atomic E-state index is 13.4. The first-order valence-corrected chi connectivity index (χ1v) is 11.1. The Bertz CT molecular complexity index is 1470. The van der Waals surface area contributed by atoms with Gasteiger partial charge in [0.1, 0.15) is 0 Å². The zero-order valence-electron chi connectivity index (χ0n) is 18.5. The van der Waals surface area contributed by atoms with Crippen LogP contribution >= 0.6 is 0 Å². The van der Waals surface area contributed by atoms with E-state index in [-0.39, 0.29) is 33.0 Å². The van der Waals surface area contributed by atoms with Gasteiger partial charge in [0.25, 0.3) is 17.7 Å². The van der Waals surface area contributed by atoms with Crippen LogP contribution in [0, 0.1) is 0 Å². The second kappa shape index (κ2) is 8.87. The first kappa shape index (κ1) is 22.0. The number of nitrogens with zero attached hydrogens (tertiary/aromatic N) is 1. The van der Waals surface area contributed by atoms with Gasteiger partial charge in [0, 0.05) is 34.0 Å². The maximum absolute atomic E-state index is 13.4. The molecule has 0 bridgehead atoms. The number of carbonyl (C=O) groups is 4. The Hall–Kier alpha value is -4.78. The van der Waals surface area contributed by atoms with E-state index in [1.54, 1.807) is 30.3 Å². The van der Waals surface area contributed by atoms with Gasteiger partial charge in [0.2, 0.25) is 0 Å². The minimum absolute atomic E-state index is 0.0825. The summed E-state index contributed by atoms with van der Waals surface area (Å²) in [5, 5.41) is 12.9. The van der Waals surface area contributed by atoms with Crippen molar-refractivity contribution in [2.24, 2.45) is 0 Å². The second-order valence-corrected chi connectivity index (χ2v) is 8.15. The van der Waals surface area contributed by atoms with Crippen molar-refractivity contribution < 1.29 is 24.3 Å². The fraction of sp³-hybridized carbons (Fsp3) is 0.0714. The molecular formula is C28H20N2O5. The van der Waals surface area contributed by atoms with Crippen LogP contribution in [0.15, 0.2) is 84.9 Å². The second-order valence-electron chi connectivity index (χ2n) is 8.15. The highest BCUT2D eigenvalue weighted by Gasteiger charge is 2.36. The number of carboxylic acid groups (broad SMARTS) is 1. The lowest BCUT2D eigenvalue weighted by atomic mass is 9.88. The molecular weight excluding hydrogens is 444 g/mol. The average Bonchev–Trinajstić information content (AvgIpc) is 2.88. The number of anilines is 1. The van der Waals surface area contributed by atoms with E-state index in [2.05, 4.69) is 5.32 Å². The van der Waals surface area contributed by atoms with E-state index in [0.29, 0.717) is 18.7 Å². The van der Waals surface area contributed by atoms with E-state index in [0.717, 1.165) is 10.5 Å². The minimum Gasteiger partial charge on any atom is -0.478 e. The molecule has 3 amide bonds. The number of amides is 3. The molecule has 1 heterocycles. The summed E-state index contributed by atoms with van der Waals surface area (Å²) in [4.78, 5) is 53.0. The van der Waals surface area contributed by atoms with Gasteiger partial charge in [0.05, 0.1) is 11.3 Å². The number of carbonyl (C=O) groups excluding carboxylic acids is 3. The summed E-state index contributed by atoms with van der Waals surface area (Å²) in [6.45, 7) is 0.341. The largest absolute Gasteiger partial charge is 0.478 e. The predicted octanol–water partition coefficient (Wildman–Crippen LogP) is 4.31. The molecule has 4 aromatic carbocycles. The van der Waals surface area contributed by atoms with Gasteiger partial charge in [-0.1, -0.05) is 48.5 Å². The summed E-state index contributed by atoms with van der Waals surface area (Å²) < 4.78 is 0. The smallest absolute Gasteiger partial charge is 0.336 e. The molecule has 0 saturated carbocycles. The molecule has 2 N–H and O–H groups in total. The molecule has 7 nitrogen and oxygen atoms in total. The SMILES string of the molecule is O=C(O)c1ccc2c3c(ccc(C(=O)NCCc4ccccc4)c13)C(=O)N(c1ccccc1)C2=O. The van der Waals surface area contributed by atoms with Crippen LogP contribution in [0.2, 0.25) is 0 Å². The number of hydrogen-bond donors (Lipinski definition) is 2. The van der Waals surface area contributed by atoms with E-state index >= 15 is 0 Å². The van der Waals surface area contributed by atoms with Crippen molar-refractivity contribution in [3.8, 4) is 0 Å². The molecule has 0 aliphatic carbocycles. The van der Waals surface area contributed by atoms with E-state index in [1.807, 2.05) is 30.3 Å². The first-order chi connectivity index (χ1) is 17.0. The summed E-state index contributed by atoms with van der Waals surface area (Å²) >= 11 is 0. The van der Waals surface area contributed by atoms with Crippen LogP contribution < -0.4 is 10.2 Å². The molecule has 0 unspecified atom stereocenters. The molecule has 1 aliphatic rings. The van der Waals surface area contributed by atoms with Crippen LogP contribution in [-0.2, 0) is 6.42 Å². The van der Waals surface area contributed by atoms with Gasteiger partial charge in [-0.05, 0) is 48.4 Å². The molecule has 35 heavy (non-hydrogen) atoms. The molecule has 0 spiro atoms. The van der Waals surface area contributed by atoms with Crippen molar-refractivity contribution in [2.75, 3.05) is 11.4 Å². The third kappa shape index (κ3) is 3.83. The Morgan fingerprint density at radius 2 is 1.29 bits per heavy atom. The zero-order valence-corrected chi connectivity index (χ0v) is 18.5. The van der Waals surface area contributed by atoms with Gasteiger partial charge in [-0.3, -0.25) is 14.4 Å². The number of hydrogen-bond acceptors (Lipinski definition) is 4. The van der Waals surface area contributed by atoms with Crippen molar-refractivity contribution in [3.05, 3.63) is 113 Å². The molecule has 0 radical (unpaired) electrons. The number of nitrogens with one attached hydrogen (secondary N) is 1. The zero-order chi connectivity index (χ0) is 24.5. The summed E-state index contributed by atoms with van der Waals surface area (Å²) in [5.41, 5.74) is 1.75. The molecule has 0 saturated heterocycles. The predicted molar refractivity (Wildman–Crippen MR) is 131 cm³/mol. The van der Waals surface area contributed by atoms with Crippen molar-refractivity contribution >= 4 is 40.2 Å². The lowest BCUT2D eigenvalue weighted by molar-refractivity contribution is 0.0697. The van der Waals surface area contributed by atoms with Crippen LogP contribution in [-0.4, -0.2) is 35.3 Å². The lowest BCUT2D eigenvalue weighted by Crippen LogP contribution is -2.40. The fourth-order valence-corrected chi connectivity index (χ4v) is 4.42. The third-order valence-electron chi connectivity index (χ3n) is 6.06. The molecule has 4 aromatic rings. The van der Waals surface area contributed by atoms with Crippen LogP contribution in [0.1, 0.15) is 47.0 Å². The highest BCUT2D eigenvalue weighted by Crippen LogP contribution is 2.36. The van der Waals surface area contributed by atoms with E-state index < -0.39 is 23.7 Å². The van der Waals surface area contributed by atoms with E-state index in [1.165, 1.54) is 24.3 Å². The number of para-hydroxylation sites is 1. The van der Waals surface area contributed by atoms with Gasteiger partial charge < -0.3 is 10.4 Å². The third-order valence-corrected chi connectivity index (χ3v) is 6.06. The highest BCUT2D eigenvalue weighted by atomic mass is 16.4. The molecule has 0 fully saturated rings. The van der Waals surface area contributed by atoms with Crippen LogP contribution in [0.4, 0.5) is 5.69 Å². The summed E-state index contributed by atoms with van der Waals surface area (Å²) in [6, 6.07) is 23.8. The molecule has 7 heteroatoms. The number of aromatic carboxylic acids is 1. The van der Waals surface area contributed by atoms with Crippen molar-refractivity contribution in [2.45, 2.75) is 6.42 Å². The van der Waals surface area contributed by atoms with Gasteiger partial charge in [0.15, 0.2) is 0 Å². The topological polar surface area (TPSA) is 104 Å². The van der Waals surface area contributed by atoms with Gasteiger partial charge in [-0.2, -0.15) is 0 Å². The quantitative estimate of drug-likeness (QED) is 0.414. The minimum atomic E-state index is -1.25. The van der Waals surface area contributed by atoms with Crippen LogP contribution in [0.3, 0.4) is 0 Å². The average molecular weight is 464 g/mol. The number of benzene rings is 4. The summed E-state index contributed by atoms with van der Waals surface area (Å²) in [7, 11) is 0. The van der Waals surface area contributed by atoms with Crippen LogP contribution in [0.25, 0.3) is 10.8 Å². The van der Waals surface area contributed by atoms with Crippen molar-refractivity contribution in [3.63, 3.8) is 0 Å². The number of imide groups is 1. The summed E-state index contributed by atoms with van der Waals surface area (Å²) in [6.07, 6.45) is 0.600. The normalized spacial score (nSPS) is 12.6. The van der Waals surface area contributed by atoms with Crippen LogP contribution in [0.5, 0.6) is 0 Å². The van der Waals surface area contributed by atoms with Gasteiger partial charge in [-0.15, -0.1) is 0 Å². The molecule has 0 aromatic heterocycles. The Morgan fingerprint density at radius 3 is 1.89 bits per heavy atom. The van der Waals surface area contributed by atoms with Crippen molar-refractivity contribution in [1.82, 2.24) is 5.32 Å². The van der Waals surface area contributed by atoms with E-state index in [9.17, 15) is 24.3 Å². The Balaban J connectivity index is 1.58. The monoisotopic (exact) mass is 464 g/mol. The number of carboxylic acids is 1. The van der Waals surface area contributed by atoms with Gasteiger partial charge in [-0.25, -0.2) is 9.69 Å². The maximum Gasteiger partial charge on any atom is 0.336 e. The Labute approximate surface area is 200 Å². The fourth-order valence-electron chi connectivity index (χ4n) is 4.42. The number of rotatable bonds is 6. The highest BCUT2D eigenvalue weighted by molar-refractivity contribution is 6.37. The standard InChI is InChI=1S/C28H20N2O5/c31-25(29-16-15-17-7-3-1-4-8-17)19-11-12-20-24-21(13-14-22(23(19)24)28(34)35)27(33)30(26(20)32)18-9-5-2-6-10-18/h1-14H,15-16H2,(H,29,31)(H,34,35). The van der Waals surface area contributed by atoms with Crippen molar-refractivity contribution in [1.29, 1.82) is 0 Å². The van der Waals surface area contributed by atoms with E-state index in [4.69, 9.17) is 0 Å². The van der Waals surface area contributed by atoms with Gasteiger partial charge >= 0.3 is 5.97 Å².